The van der Waals surface area contributed by atoms with Crippen LogP contribution < -0.4 is 0 Å². The van der Waals surface area contributed by atoms with Crippen molar-refractivity contribution < 1.29 is 9.18 Å². The zero-order valence-corrected chi connectivity index (χ0v) is 11.8. The van der Waals surface area contributed by atoms with Crippen LogP contribution in [0.15, 0.2) is 12.3 Å². The predicted octanol–water partition coefficient (Wildman–Crippen LogP) is 2.04. The zero-order valence-electron chi connectivity index (χ0n) is 11.1. The number of halogens is 2. The van der Waals surface area contributed by atoms with Gasteiger partial charge in [-0.05, 0) is 32.5 Å². The van der Waals surface area contributed by atoms with Gasteiger partial charge in [-0.25, -0.2) is 9.37 Å². The maximum Gasteiger partial charge on any atom is 0.257 e. The third kappa shape index (κ3) is 3.22. The number of pyridine rings is 1. The molecule has 4 nitrogen and oxygen atoms in total. The van der Waals surface area contributed by atoms with E-state index in [0.717, 1.165) is 38.2 Å². The number of piperidine rings is 1. The molecule has 0 saturated carbocycles. The van der Waals surface area contributed by atoms with Crippen molar-refractivity contribution in [2.75, 3.05) is 27.2 Å². The number of hydrogen-bond donors (Lipinski definition) is 0. The van der Waals surface area contributed by atoms with E-state index in [1.807, 2.05) is 7.05 Å². The minimum absolute atomic E-state index is 0.0439. The van der Waals surface area contributed by atoms with Crippen LogP contribution in [0.2, 0.25) is 5.15 Å². The molecule has 1 aliphatic heterocycles. The molecule has 19 heavy (non-hydrogen) atoms. The van der Waals surface area contributed by atoms with E-state index >= 15 is 0 Å². The van der Waals surface area contributed by atoms with Gasteiger partial charge in [-0.15, -0.1) is 0 Å². The Labute approximate surface area is 117 Å². The first-order valence-corrected chi connectivity index (χ1v) is 6.63. The summed E-state index contributed by atoms with van der Waals surface area (Å²) in [5, 5.41) is 0.0439. The van der Waals surface area contributed by atoms with Crippen molar-refractivity contribution in [3.63, 3.8) is 0 Å². The van der Waals surface area contributed by atoms with Crippen LogP contribution in [-0.4, -0.2) is 53.9 Å². The average molecular weight is 286 g/mol. The SMILES string of the molecule is CN1CCCC(N(C)C(=O)c2cc(F)cnc2Cl)C1. The minimum atomic E-state index is -0.554. The van der Waals surface area contributed by atoms with Gasteiger partial charge in [0.05, 0.1) is 11.8 Å². The predicted molar refractivity (Wildman–Crippen MR) is 71.8 cm³/mol. The van der Waals surface area contributed by atoms with Gasteiger partial charge in [0.2, 0.25) is 0 Å². The Bertz CT molecular complexity index is 483. The molecule has 1 unspecified atom stereocenters. The van der Waals surface area contributed by atoms with Crippen molar-refractivity contribution >= 4 is 17.5 Å². The third-order valence-corrected chi connectivity index (χ3v) is 3.80. The molecule has 0 aliphatic carbocycles. The lowest BCUT2D eigenvalue weighted by atomic mass is 10.0. The van der Waals surface area contributed by atoms with E-state index in [0.29, 0.717) is 0 Å². The number of likely N-dealkylation sites (N-methyl/N-ethyl adjacent to an activating group) is 2. The minimum Gasteiger partial charge on any atom is -0.337 e. The van der Waals surface area contributed by atoms with Crippen LogP contribution in [-0.2, 0) is 0 Å². The average Bonchev–Trinajstić information content (AvgIpc) is 2.40. The van der Waals surface area contributed by atoms with E-state index in [1.54, 1.807) is 11.9 Å². The summed E-state index contributed by atoms with van der Waals surface area (Å²) in [5.41, 5.74) is 0.123. The molecule has 1 amide bonds. The van der Waals surface area contributed by atoms with Crippen LogP contribution in [0.1, 0.15) is 23.2 Å². The Morgan fingerprint density at radius 2 is 2.37 bits per heavy atom. The summed E-state index contributed by atoms with van der Waals surface area (Å²) in [6.07, 6.45) is 3.01. The van der Waals surface area contributed by atoms with Crippen molar-refractivity contribution in [2.24, 2.45) is 0 Å². The van der Waals surface area contributed by atoms with Gasteiger partial charge in [-0.3, -0.25) is 4.79 Å². The monoisotopic (exact) mass is 285 g/mol. The number of likely N-dealkylation sites (tertiary alicyclic amines) is 1. The lowest BCUT2D eigenvalue weighted by molar-refractivity contribution is 0.0643. The van der Waals surface area contributed by atoms with Gasteiger partial charge in [0.1, 0.15) is 11.0 Å². The summed E-state index contributed by atoms with van der Waals surface area (Å²) in [6, 6.07) is 1.27. The lowest BCUT2D eigenvalue weighted by Crippen LogP contribution is -2.47. The maximum absolute atomic E-state index is 13.2. The number of carbonyl (C=O) groups excluding carboxylic acids is 1. The summed E-state index contributed by atoms with van der Waals surface area (Å²) in [7, 11) is 3.76. The molecule has 1 aromatic heterocycles. The van der Waals surface area contributed by atoms with Gasteiger partial charge >= 0.3 is 0 Å². The second-order valence-corrected chi connectivity index (χ2v) is 5.32. The van der Waals surface area contributed by atoms with E-state index in [-0.39, 0.29) is 22.7 Å². The molecule has 0 N–H and O–H groups in total. The largest absolute Gasteiger partial charge is 0.337 e. The van der Waals surface area contributed by atoms with Crippen LogP contribution >= 0.6 is 11.6 Å². The summed E-state index contributed by atoms with van der Waals surface area (Å²) in [4.78, 5) is 19.8. The van der Waals surface area contributed by atoms with E-state index < -0.39 is 5.82 Å². The van der Waals surface area contributed by atoms with Crippen LogP contribution in [0.3, 0.4) is 0 Å². The van der Waals surface area contributed by atoms with Gasteiger partial charge in [0, 0.05) is 19.6 Å². The van der Waals surface area contributed by atoms with Gasteiger partial charge in [-0.1, -0.05) is 11.6 Å². The highest BCUT2D eigenvalue weighted by Crippen LogP contribution is 2.20. The summed E-state index contributed by atoms with van der Waals surface area (Å²) >= 11 is 5.87. The fraction of sp³-hybridized carbons (Fsp3) is 0.538. The molecular weight excluding hydrogens is 269 g/mol. The zero-order chi connectivity index (χ0) is 14.0. The van der Waals surface area contributed by atoms with Crippen molar-refractivity contribution in [1.29, 1.82) is 0 Å². The van der Waals surface area contributed by atoms with E-state index in [9.17, 15) is 9.18 Å². The summed E-state index contributed by atoms with van der Waals surface area (Å²) < 4.78 is 13.2. The van der Waals surface area contributed by atoms with Gasteiger partial charge in [-0.2, -0.15) is 0 Å². The second-order valence-electron chi connectivity index (χ2n) is 4.97. The lowest BCUT2D eigenvalue weighted by Gasteiger charge is -2.35. The Morgan fingerprint density at radius 3 is 3.05 bits per heavy atom. The van der Waals surface area contributed by atoms with Crippen molar-refractivity contribution in [3.8, 4) is 0 Å². The Kier molecular flexibility index (Phi) is 4.37. The Morgan fingerprint density at radius 1 is 1.63 bits per heavy atom. The van der Waals surface area contributed by atoms with Gasteiger partial charge in [0.25, 0.3) is 5.91 Å². The molecule has 0 aromatic carbocycles. The topological polar surface area (TPSA) is 36.4 Å². The van der Waals surface area contributed by atoms with Crippen LogP contribution in [0.25, 0.3) is 0 Å². The fourth-order valence-electron chi connectivity index (χ4n) is 2.38. The van der Waals surface area contributed by atoms with Gasteiger partial charge in [0.15, 0.2) is 0 Å². The number of carbonyl (C=O) groups is 1. The van der Waals surface area contributed by atoms with E-state index in [4.69, 9.17) is 11.6 Å². The first-order valence-electron chi connectivity index (χ1n) is 6.26. The molecule has 6 heteroatoms. The van der Waals surface area contributed by atoms with E-state index in [1.165, 1.54) is 0 Å². The number of rotatable bonds is 2. The highest BCUT2D eigenvalue weighted by molar-refractivity contribution is 6.32. The van der Waals surface area contributed by atoms with Crippen molar-refractivity contribution in [2.45, 2.75) is 18.9 Å². The Balaban J connectivity index is 2.16. The standard InChI is InChI=1S/C13H17ClFN3O/c1-17-5-3-4-10(8-17)18(2)13(19)11-6-9(15)7-16-12(11)14/h6-7,10H,3-5,8H2,1-2H3. The number of nitrogens with zero attached hydrogens (tertiary/aromatic N) is 3. The quantitative estimate of drug-likeness (QED) is 0.780. The molecule has 1 aliphatic rings. The summed E-state index contributed by atoms with van der Waals surface area (Å²) in [5.74, 6) is -0.834. The highest BCUT2D eigenvalue weighted by Gasteiger charge is 2.26. The molecule has 2 heterocycles. The Hall–Kier alpha value is -1.20. The molecule has 2 rings (SSSR count). The molecule has 1 aromatic rings. The van der Waals surface area contributed by atoms with Gasteiger partial charge < -0.3 is 9.80 Å². The van der Waals surface area contributed by atoms with Crippen molar-refractivity contribution in [1.82, 2.24) is 14.8 Å². The molecule has 0 bridgehead atoms. The number of aromatic nitrogens is 1. The molecule has 1 fully saturated rings. The molecular formula is C13H17ClFN3O. The fourth-order valence-corrected chi connectivity index (χ4v) is 2.57. The third-order valence-electron chi connectivity index (χ3n) is 3.50. The van der Waals surface area contributed by atoms with Crippen LogP contribution in [0.4, 0.5) is 4.39 Å². The number of amides is 1. The first kappa shape index (κ1) is 14.2. The normalized spacial score (nSPS) is 20.3. The molecule has 0 radical (unpaired) electrons. The smallest absolute Gasteiger partial charge is 0.257 e. The molecule has 1 saturated heterocycles. The second kappa shape index (κ2) is 5.84. The molecule has 104 valence electrons. The maximum atomic E-state index is 13.2. The first-order chi connectivity index (χ1) is 8.99. The molecule has 0 spiro atoms. The van der Waals surface area contributed by atoms with Crippen LogP contribution in [0.5, 0.6) is 0 Å². The van der Waals surface area contributed by atoms with Crippen molar-refractivity contribution in [3.05, 3.63) is 28.8 Å². The number of hydrogen-bond acceptors (Lipinski definition) is 3. The highest BCUT2D eigenvalue weighted by atomic mass is 35.5. The molecule has 1 atom stereocenters. The van der Waals surface area contributed by atoms with Crippen LogP contribution in [0, 0.1) is 5.82 Å². The summed E-state index contributed by atoms with van der Waals surface area (Å²) in [6.45, 7) is 1.86. The van der Waals surface area contributed by atoms with E-state index in [2.05, 4.69) is 9.88 Å².